The van der Waals surface area contributed by atoms with Crippen LogP contribution < -0.4 is 0 Å². The molecule has 0 aliphatic carbocycles. The van der Waals surface area contributed by atoms with E-state index in [1.54, 1.807) is 0 Å². The van der Waals surface area contributed by atoms with Crippen molar-refractivity contribution in [1.82, 2.24) is 0 Å². The van der Waals surface area contributed by atoms with Crippen LogP contribution in [0.2, 0.25) is 0 Å². The number of rotatable bonds is 15. The van der Waals surface area contributed by atoms with Gasteiger partial charge in [-0.25, -0.2) is 24.0 Å². The molecular weight excluding hydrogens is 1590 g/mol. The van der Waals surface area contributed by atoms with Crippen molar-refractivity contribution in [3.05, 3.63) is 342 Å². The van der Waals surface area contributed by atoms with Crippen molar-refractivity contribution in [3.8, 4) is 0 Å². The number of aliphatic carboxylic acids is 1. The Morgan fingerprint density at radius 1 is 0.354 bits per heavy atom. The Kier molecular flexibility index (Phi) is 42.5. The third-order valence-electron chi connectivity index (χ3n) is 21.5. The normalized spacial score (nSPS) is 20.9. The smallest absolute Gasteiger partial charge is 0.344 e. The molecule has 0 saturated carbocycles. The van der Waals surface area contributed by atoms with Crippen molar-refractivity contribution >= 4 is 52.7 Å². The quantitative estimate of drug-likeness (QED) is 0.0436. The van der Waals surface area contributed by atoms with Gasteiger partial charge in [-0.2, -0.15) is 0 Å². The van der Waals surface area contributed by atoms with Gasteiger partial charge >= 0.3 is 29.8 Å². The van der Waals surface area contributed by atoms with E-state index in [1.165, 1.54) is 0 Å². The lowest BCUT2D eigenvalue weighted by Crippen LogP contribution is -2.25. The van der Waals surface area contributed by atoms with Crippen LogP contribution in [0.4, 0.5) is 0 Å². The maximum Gasteiger partial charge on any atom is 0.344 e. The molecular formula is C109H132N4O14. The molecule has 127 heavy (non-hydrogen) atoms. The Hall–Kier alpha value is -12.3. The number of esters is 4. The standard InChI is InChI=1S/C32H33NO3.C29H35NO3.C24H31NO5.C24H33NO3/c1-24-20-25(2)31-28(21-24)22-29(33-35-23-26-14-8-6-9-15-26)18-12-4-3-5-13-19-30(36-32(31)34)27-16-10-7-11-17-27;1-21(2)27-16-12-7-5-6-11-15-26(30-32-20-24-13-9-8-10-14-24)19-25-18-22(3)17-23(4)28(25)29(31)33-27;1-16(2)21-11-9-7-5-6-8-10-20(25-29-15-22(26)27)14-19-13-17(3)12-18(4)23(19)24(28)30-21;1-6-27-25-21-12-10-8-7-9-11-13-22(17(2)3)28-24(26)23-19(5)14-18(4)15-20(23)16-21/h5-18,20-21,30H,3-4,19,22-23H2,1-2H3;7-15,17-18,21,27H,5-6,16,19-20H2,1-4H3;7-10,12-13,16,21H,5-6,11,14-15H2,1-4H3,(H,26,27);9-12,14-15,17,22H,6-8,13,16H2,1-5H3/b13-5+,18-12+,33-29?;12-7+,15-11+,30-26?;9-7+,10-8+,25-20?;11-9+,12-10+,25-21?/t30-;27-;21-;22-/m0000/s1. The van der Waals surface area contributed by atoms with Crippen LogP contribution in [0, 0.1) is 73.1 Å². The van der Waals surface area contributed by atoms with E-state index in [4.69, 9.17) is 43.4 Å². The molecule has 0 unspecified atom stereocenters. The predicted octanol–water partition coefficient (Wildman–Crippen LogP) is 25.0. The van der Waals surface area contributed by atoms with Crippen molar-refractivity contribution in [2.75, 3.05) is 13.2 Å². The summed E-state index contributed by atoms with van der Waals surface area (Å²) in [7, 11) is 0. The molecule has 18 heteroatoms. The van der Waals surface area contributed by atoms with Gasteiger partial charge in [-0.1, -0.05) is 297 Å². The summed E-state index contributed by atoms with van der Waals surface area (Å²) in [6.07, 6.45) is 44.2. The Morgan fingerprint density at radius 2 is 0.630 bits per heavy atom. The minimum atomic E-state index is -1.09. The molecule has 0 spiro atoms. The number of benzene rings is 7. The summed E-state index contributed by atoms with van der Waals surface area (Å²) in [5, 5.41) is 26.0. The Labute approximate surface area is 754 Å². The number of carboxylic acids is 1. The fraction of sp³-hybridized carbons (Fsp3) is 0.385. The first-order chi connectivity index (χ1) is 61.2. The molecule has 1 N–H and O–H groups in total. The highest BCUT2D eigenvalue weighted by atomic mass is 16.6. The molecule has 4 atom stereocenters. The summed E-state index contributed by atoms with van der Waals surface area (Å²) >= 11 is 0. The third-order valence-corrected chi connectivity index (χ3v) is 21.5. The van der Waals surface area contributed by atoms with Gasteiger partial charge in [0.1, 0.15) is 44.2 Å². The second-order valence-corrected chi connectivity index (χ2v) is 33.7. The van der Waals surface area contributed by atoms with Gasteiger partial charge in [0.25, 0.3) is 0 Å². The SMILES string of the molecule is CCON=C1/C=C/CC/C=C/C[C@@H](C(C)C)OC(=O)c2c(C)cc(C)cc2C1.Cc1cc(C)c2c(c1)CC(=NOCC(=O)O)/C=C/CC/C=C/C[C@@H](C(C)C)OC2=O.Cc1cc(C)c2c(c1)CC(=NOCc1ccccc1)/C=C/CC/C=C/C[C@@H](C(C)C)OC2=O.Cc1cc(C)c2c(c1)CC(=NOCc1ccccc1)/C=C/CC/C=C/C[C@@H](c1ccccc1)OC2=O. The van der Waals surface area contributed by atoms with Crippen LogP contribution in [0.1, 0.15) is 257 Å². The Balaban J connectivity index is 0.000000210. The van der Waals surface area contributed by atoms with E-state index in [0.717, 1.165) is 165 Å². The molecule has 7 aromatic carbocycles. The predicted molar refractivity (Wildman–Crippen MR) is 511 cm³/mol. The Bertz CT molecular complexity index is 5130. The minimum absolute atomic E-state index is 0.132. The number of oxime groups is 4. The van der Waals surface area contributed by atoms with Crippen LogP contribution in [0.15, 0.2) is 257 Å². The molecule has 7 aromatic rings. The largest absolute Gasteiger partial charge is 0.479 e. The zero-order chi connectivity index (χ0) is 91.4. The molecule has 18 nitrogen and oxygen atoms in total. The lowest BCUT2D eigenvalue weighted by atomic mass is 9.94. The number of cyclic esters (lactones) is 4. The molecule has 4 heterocycles. The van der Waals surface area contributed by atoms with Gasteiger partial charge in [0, 0.05) is 51.4 Å². The van der Waals surface area contributed by atoms with Crippen molar-refractivity contribution in [2.45, 2.75) is 244 Å². The number of carbonyl (C=O) groups is 5. The molecule has 4 aliphatic heterocycles. The maximum absolute atomic E-state index is 13.6. The molecule has 4 aliphatic rings. The van der Waals surface area contributed by atoms with Gasteiger partial charge in [0.2, 0.25) is 6.61 Å². The van der Waals surface area contributed by atoms with E-state index < -0.39 is 12.6 Å². The monoisotopic (exact) mass is 1720 g/mol. The Morgan fingerprint density at radius 3 is 0.929 bits per heavy atom. The summed E-state index contributed by atoms with van der Waals surface area (Å²) < 4.78 is 24.0. The lowest BCUT2D eigenvalue weighted by Gasteiger charge is -2.22. The van der Waals surface area contributed by atoms with Gasteiger partial charge < -0.3 is 43.4 Å². The number of aryl methyl sites for hydroxylation is 8. The van der Waals surface area contributed by atoms with Crippen LogP contribution in [-0.4, -0.2) is 89.3 Å². The highest BCUT2D eigenvalue weighted by Crippen LogP contribution is 2.31. The molecule has 0 saturated heterocycles. The average molecular weight is 1720 g/mol. The highest BCUT2D eigenvalue weighted by Gasteiger charge is 2.29. The number of carboxylic acid groups (broad SMARTS) is 1. The summed E-state index contributed by atoms with van der Waals surface area (Å²) in [4.78, 5) is 85.5. The fourth-order valence-electron chi connectivity index (χ4n) is 15.2. The van der Waals surface area contributed by atoms with Crippen LogP contribution in [-0.2, 0) is 82.0 Å². The maximum atomic E-state index is 13.6. The van der Waals surface area contributed by atoms with Crippen LogP contribution in [0.5, 0.6) is 0 Å². The van der Waals surface area contributed by atoms with Crippen molar-refractivity contribution in [2.24, 2.45) is 38.4 Å². The van der Waals surface area contributed by atoms with E-state index >= 15 is 0 Å². The van der Waals surface area contributed by atoms with E-state index in [0.29, 0.717) is 86.3 Å². The van der Waals surface area contributed by atoms with Crippen LogP contribution >= 0.6 is 0 Å². The number of nitrogens with zero attached hydrogens (tertiary/aromatic N) is 4. The van der Waals surface area contributed by atoms with E-state index in [9.17, 15) is 24.0 Å². The van der Waals surface area contributed by atoms with E-state index in [1.807, 2.05) is 234 Å². The van der Waals surface area contributed by atoms with Gasteiger partial charge in [-0.05, 0) is 217 Å². The molecule has 0 aromatic heterocycles. The van der Waals surface area contributed by atoms with Crippen molar-refractivity contribution in [3.63, 3.8) is 0 Å². The molecule has 0 radical (unpaired) electrons. The zero-order valence-corrected chi connectivity index (χ0v) is 77.2. The first kappa shape index (κ1) is 100. The zero-order valence-electron chi connectivity index (χ0n) is 77.2. The van der Waals surface area contributed by atoms with Gasteiger partial charge in [0.15, 0.2) is 0 Å². The topological polar surface area (TPSA) is 229 Å². The first-order valence-electron chi connectivity index (χ1n) is 44.8. The number of fused-ring (bicyclic) bond motifs is 4. The van der Waals surface area contributed by atoms with Crippen molar-refractivity contribution in [1.29, 1.82) is 0 Å². The van der Waals surface area contributed by atoms with Crippen LogP contribution in [0.25, 0.3) is 0 Å². The molecule has 11 rings (SSSR count). The van der Waals surface area contributed by atoms with Gasteiger partial charge in [-0.15, -0.1) is 0 Å². The first-order valence-corrected chi connectivity index (χ1v) is 44.8. The van der Waals surface area contributed by atoms with Crippen LogP contribution in [0.3, 0.4) is 0 Å². The molecule has 0 bridgehead atoms. The van der Waals surface area contributed by atoms with E-state index in [2.05, 4.69) is 127 Å². The number of hydrogen-bond acceptors (Lipinski definition) is 17. The minimum Gasteiger partial charge on any atom is -0.479 e. The van der Waals surface area contributed by atoms with Gasteiger partial charge in [-0.3, -0.25) is 0 Å². The van der Waals surface area contributed by atoms with Crippen molar-refractivity contribution < 1.29 is 67.4 Å². The number of allylic oxidation sites excluding steroid dienone is 12. The third kappa shape index (κ3) is 34.9. The highest BCUT2D eigenvalue weighted by molar-refractivity contribution is 6.03. The molecule has 0 fully saturated rings. The number of ether oxygens (including phenoxy) is 4. The fourth-order valence-corrected chi connectivity index (χ4v) is 15.2. The number of hydrogen-bond donors (Lipinski definition) is 1. The second-order valence-electron chi connectivity index (χ2n) is 33.7. The summed E-state index contributed by atoms with van der Waals surface area (Å²) in [6.45, 7) is 31.1. The summed E-state index contributed by atoms with van der Waals surface area (Å²) in [6, 6.07) is 46.0. The molecule has 0 amide bonds. The summed E-state index contributed by atoms with van der Waals surface area (Å²) in [5.41, 5.74) is 19.9. The average Bonchev–Trinajstić information content (AvgIpc) is 0.823. The van der Waals surface area contributed by atoms with E-state index in [-0.39, 0.29) is 66.0 Å². The second kappa shape index (κ2) is 53.9. The summed E-state index contributed by atoms with van der Waals surface area (Å²) in [5.74, 6) is -1.57. The number of carbonyl (C=O) groups excluding carboxylic acids is 4. The molecule has 672 valence electrons. The lowest BCUT2D eigenvalue weighted by molar-refractivity contribution is -0.142. The van der Waals surface area contributed by atoms with Gasteiger partial charge in [0.05, 0.1) is 45.1 Å².